The highest BCUT2D eigenvalue weighted by Gasteiger charge is 2.28. The van der Waals surface area contributed by atoms with E-state index in [1.54, 1.807) is 0 Å². The lowest BCUT2D eigenvalue weighted by molar-refractivity contribution is 0.0962. The molecular formula is C21H24N4O3S2. The molecule has 1 atom stereocenters. The Morgan fingerprint density at radius 3 is 2.67 bits per heavy atom. The van der Waals surface area contributed by atoms with Gasteiger partial charge in [0.25, 0.3) is 5.91 Å². The van der Waals surface area contributed by atoms with Crippen molar-refractivity contribution >= 4 is 42.6 Å². The Morgan fingerprint density at radius 2 is 1.97 bits per heavy atom. The van der Waals surface area contributed by atoms with Gasteiger partial charge >= 0.3 is 0 Å². The molecule has 1 saturated heterocycles. The molecule has 1 fully saturated rings. The summed E-state index contributed by atoms with van der Waals surface area (Å²) in [5.41, 5.74) is 7.81. The number of carbonyl (C=O) groups excluding carboxylic acids is 1. The van der Waals surface area contributed by atoms with Crippen LogP contribution in [0.5, 0.6) is 0 Å². The van der Waals surface area contributed by atoms with Crippen LogP contribution in [0.4, 0.5) is 5.13 Å². The first-order valence-electron chi connectivity index (χ1n) is 9.87. The summed E-state index contributed by atoms with van der Waals surface area (Å²) in [6, 6.07) is 12.0. The van der Waals surface area contributed by atoms with Gasteiger partial charge in [-0.3, -0.25) is 15.6 Å². The van der Waals surface area contributed by atoms with Crippen LogP contribution in [-0.2, 0) is 10.0 Å². The largest absolute Gasteiger partial charge is 0.273 e. The van der Waals surface area contributed by atoms with E-state index in [9.17, 15) is 13.2 Å². The highest BCUT2D eigenvalue weighted by atomic mass is 32.2. The average Bonchev–Trinajstić information content (AvgIpc) is 3.17. The van der Waals surface area contributed by atoms with Gasteiger partial charge in [-0.2, -0.15) is 4.31 Å². The molecule has 2 heterocycles. The second kappa shape index (κ2) is 8.33. The molecule has 1 amide bonds. The molecule has 0 bridgehead atoms. The van der Waals surface area contributed by atoms with Crippen LogP contribution < -0.4 is 10.9 Å². The first-order chi connectivity index (χ1) is 14.3. The monoisotopic (exact) mass is 444 g/mol. The third-order valence-corrected chi connectivity index (χ3v) is 8.09. The Labute approximate surface area is 180 Å². The molecule has 3 aromatic rings. The fraction of sp³-hybridized carbons (Fsp3) is 0.333. The lowest BCUT2D eigenvalue weighted by Gasteiger charge is -2.30. The fourth-order valence-corrected chi connectivity index (χ4v) is 6.11. The average molecular weight is 445 g/mol. The summed E-state index contributed by atoms with van der Waals surface area (Å²) >= 11 is 1.45. The number of para-hydroxylation sites is 1. The number of anilines is 1. The van der Waals surface area contributed by atoms with Gasteiger partial charge in [0.05, 0.1) is 15.1 Å². The van der Waals surface area contributed by atoms with E-state index in [0.717, 1.165) is 28.6 Å². The third kappa shape index (κ3) is 4.19. The van der Waals surface area contributed by atoms with Gasteiger partial charge in [0, 0.05) is 18.7 Å². The Balaban J connectivity index is 1.43. The van der Waals surface area contributed by atoms with Crippen molar-refractivity contribution in [2.24, 2.45) is 5.92 Å². The number of hydrogen-bond donors (Lipinski definition) is 2. The van der Waals surface area contributed by atoms with Crippen LogP contribution in [0, 0.1) is 12.8 Å². The maximum atomic E-state index is 12.8. The van der Waals surface area contributed by atoms with Crippen molar-refractivity contribution < 1.29 is 13.2 Å². The number of aryl methyl sites for hydroxylation is 1. The number of nitrogens with one attached hydrogen (secondary N) is 2. The van der Waals surface area contributed by atoms with Gasteiger partial charge in [-0.15, -0.1) is 0 Å². The van der Waals surface area contributed by atoms with Gasteiger partial charge in [-0.05, 0) is 61.6 Å². The van der Waals surface area contributed by atoms with Crippen molar-refractivity contribution in [2.45, 2.75) is 31.6 Å². The van der Waals surface area contributed by atoms with E-state index in [2.05, 4.69) is 22.8 Å². The summed E-state index contributed by atoms with van der Waals surface area (Å²) in [6.45, 7) is 5.13. The van der Waals surface area contributed by atoms with E-state index in [4.69, 9.17) is 0 Å². The highest BCUT2D eigenvalue weighted by Crippen LogP contribution is 2.27. The standard InChI is InChI=1S/C21H24N4O3S2/c1-14-5-4-12-25(13-14)30(27,28)17-10-8-16(9-11-17)20(26)23-24-21-22-19-15(2)6-3-7-18(19)29-21/h3,6-11,14H,4-5,12-13H2,1-2H3,(H,22,24)(H,23,26)/t14-/m1/s1. The van der Waals surface area contributed by atoms with Gasteiger partial charge < -0.3 is 0 Å². The molecule has 30 heavy (non-hydrogen) atoms. The van der Waals surface area contributed by atoms with E-state index in [1.807, 2.05) is 25.1 Å². The molecular weight excluding hydrogens is 420 g/mol. The van der Waals surface area contributed by atoms with Gasteiger partial charge in [0.2, 0.25) is 15.2 Å². The van der Waals surface area contributed by atoms with E-state index in [-0.39, 0.29) is 10.8 Å². The van der Waals surface area contributed by atoms with Crippen molar-refractivity contribution in [1.82, 2.24) is 14.7 Å². The highest BCUT2D eigenvalue weighted by molar-refractivity contribution is 7.89. The Morgan fingerprint density at radius 1 is 1.20 bits per heavy atom. The van der Waals surface area contributed by atoms with E-state index in [1.165, 1.54) is 39.9 Å². The summed E-state index contributed by atoms with van der Waals surface area (Å²) in [5.74, 6) is -0.00234. The minimum atomic E-state index is -3.53. The molecule has 2 aromatic carbocycles. The number of hydrogen-bond acceptors (Lipinski definition) is 6. The number of carbonyl (C=O) groups is 1. The Hall–Kier alpha value is -2.49. The number of benzene rings is 2. The maximum absolute atomic E-state index is 12.8. The topological polar surface area (TPSA) is 91.4 Å². The number of thiazole rings is 1. The lowest BCUT2D eigenvalue weighted by atomic mass is 10.0. The minimum absolute atomic E-state index is 0.211. The van der Waals surface area contributed by atoms with Crippen molar-refractivity contribution in [3.05, 3.63) is 53.6 Å². The van der Waals surface area contributed by atoms with Crippen LogP contribution in [0.25, 0.3) is 10.2 Å². The quantitative estimate of drug-likeness (QED) is 0.585. The van der Waals surface area contributed by atoms with E-state index < -0.39 is 10.0 Å². The lowest BCUT2D eigenvalue weighted by Crippen LogP contribution is -2.39. The van der Waals surface area contributed by atoms with Gasteiger partial charge in [-0.1, -0.05) is 30.4 Å². The smallest absolute Gasteiger partial charge is 0.269 e. The van der Waals surface area contributed by atoms with Crippen LogP contribution in [-0.4, -0.2) is 36.7 Å². The van der Waals surface area contributed by atoms with Crippen molar-refractivity contribution in [1.29, 1.82) is 0 Å². The minimum Gasteiger partial charge on any atom is -0.273 e. The number of sulfonamides is 1. The molecule has 0 saturated carbocycles. The summed E-state index contributed by atoms with van der Waals surface area (Å²) in [4.78, 5) is 17.2. The second-order valence-corrected chi connectivity index (χ2v) is 10.6. The van der Waals surface area contributed by atoms with Crippen LogP contribution in [0.2, 0.25) is 0 Å². The SMILES string of the molecule is Cc1cccc2sc(NNC(=O)c3ccc(S(=O)(=O)N4CCC[C@@H](C)C4)cc3)nc12. The van der Waals surface area contributed by atoms with Gasteiger partial charge in [-0.25, -0.2) is 13.4 Å². The van der Waals surface area contributed by atoms with E-state index in [0.29, 0.717) is 29.7 Å². The maximum Gasteiger partial charge on any atom is 0.269 e. The fourth-order valence-electron chi connectivity index (χ4n) is 3.61. The zero-order valence-corrected chi connectivity index (χ0v) is 18.5. The van der Waals surface area contributed by atoms with Crippen molar-refractivity contribution in [2.75, 3.05) is 18.5 Å². The van der Waals surface area contributed by atoms with Crippen LogP contribution in [0.15, 0.2) is 47.4 Å². The molecule has 0 aliphatic carbocycles. The number of fused-ring (bicyclic) bond motifs is 1. The predicted octanol–water partition coefficient (Wildman–Crippen LogP) is 3.78. The normalized spacial score (nSPS) is 17.7. The summed E-state index contributed by atoms with van der Waals surface area (Å²) < 4.78 is 28.3. The first-order valence-corrected chi connectivity index (χ1v) is 12.1. The molecule has 0 radical (unpaired) electrons. The van der Waals surface area contributed by atoms with Crippen molar-refractivity contribution in [3.8, 4) is 0 Å². The summed E-state index contributed by atoms with van der Waals surface area (Å²) in [5, 5.41) is 0.589. The number of rotatable bonds is 5. The molecule has 2 N–H and O–H groups in total. The number of nitrogens with zero attached hydrogens (tertiary/aromatic N) is 2. The number of piperidine rings is 1. The van der Waals surface area contributed by atoms with Crippen molar-refractivity contribution in [3.63, 3.8) is 0 Å². The zero-order chi connectivity index (χ0) is 21.3. The second-order valence-electron chi connectivity index (χ2n) is 7.65. The zero-order valence-electron chi connectivity index (χ0n) is 16.9. The predicted molar refractivity (Wildman–Crippen MR) is 119 cm³/mol. The first kappa shape index (κ1) is 20.8. The molecule has 0 unspecified atom stereocenters. The number of amides is 1. The Bertz CT molecular complexity index is 1170. The number of hydrazine groups is 1. The molecule has 7 nitrogen and oxygen atoms in total. The molecule has 158 valence electrons. The van der Waals surface area contributed by atoms with Gasteiger partial charge in [0.1, 0.15) is 0 Å². The molecule has 1 aromatic heterocycles. The third-order valence-electron chi connectivity index (χ3n) is 5.28. The molecule has 0 spiro atoms. The van der Waals surface area contributed by atoms with Gasteiger partial charge in [0.15, 0.2) is 0 Å². The molecule has 4 rings (SSSR count). The van der Waals surface area contributed by atoms with Crippen LogP contribution in [0.3, 0.4) is 0 Å². The van der Waals surface area contributed by atoms with E-state index >= 15 is 0 Å². The summed E-state index contributed by atoms with van der Waals surface area (Å²) in [7, 11) is -3.53. The Kier molecular flexibility index (Phi) is 5.77. The molecule has 1 aliphatic rings. The van der Waals surface area contributed by atoms with Crippen LogP contribution >= 0.6 is 11.3 Å². The van der Waals surface area contributed by atoms with Crippen LogP contribution in [0.1, 0.15) is 35.7 Å². The number of aromatic nitrogens is 1. The molecule has 1 aliphatic heterocycles. The molecule has 9 heteroatoms. The summed E-state index contributed by atoms with van der Waals surface area (Å²) in [6.07, 6.45) is 1.92.